The average Bonchev–Trinajstić information content (AvgIpc) is 2.57. The van der Waals surface area contributed by atoms with Crippen LogP contribution in [0, 0.1) is 5.82 Å². The third-order valence-corrected chi connectivity index (χ3v) is 3.14. The molecule has 17 heavy (non-hydrogen) atoms. The van der Waals surface area contributed by atoms with E-state index >= 15 is 0 Å². The first-order valence-electron chi connectivity index (χ1n) is 5.67. The van der Waals surface area contributed by atoms with Crippen molar-refractivity contribution in [1.29, 1.82) is 0 Å². The zero-order valence-corrected chi connectivity index (χ0v) is 10.0. The summed E-state index contributed by atoms with van der Waals surface area (Å²) in [6.07, 6.45) is 0.626. The van der Waals surface area contributed by atoms with Gasteiger partial charge in [0.05, 0.1) is 16.9 Å². The molecule has 1 unspecified atom stereocenters. The molecule has 1 N–H and O–H groups in total. The van der Waals surface area contributed by atoms with Gasteiger partial charge in [0.2, 0.25) is 0 Å². The van der Waals surface area contributed by atoms with Crippen molar-refractivity contribution in [1.82, 2.24) is 0 Å². The van der Waals surface area contributed by atoms with Gasteiger partial charge in [-0.1, -0.05) is 6.07 Å². The molecule has 0 saturated carbocycles. The van der Waals surface area contributed by atoms with Crippen LogP contribution in [0.3, 0.4) is 0 Å². The van der Waals surface area contributed by atoms with Gasteiger partial charge in [-0.25, -0.2) is 4.39 Å². The van der Waals surface area contributed by atoms with Crippen LogP contribution in [0.5, 0.6) is 0 Å². The summed E-state index contributed by atoms with van der Waals surface area (Å²) >= 11 is 0. The molecular formula is C13H16FNO2. The Kier molecular flexibility index (Phi) is 2.91. The fourth-order valence-electron chi connectivity index (χ4n) is 2.28. The quantitative estimate of drug-likeness (QED) is 0.800. The summed E-state index contributed by atoms with van der Waals surface area (Å²) in [7, 11) is 0. The summed E-state index contributed by atoms with van der Waals surface area (Å²) in [5, 5.41) is 9.90. The molecule has 2 rings (SSSR count). The van der Waals surface area contributed by atoms with Crippen LogP contribution in [0.25, 0.3) is 0 Å². The summed E-state index contributed by atoms with van der Waals surface area (Å²) in [6, 6.07) is 4.60. The average molecular weight is 237 g/mol. The Morgan fingerprint density at radius 3 is 2.76 bits per heavy atom. The van der Waals surface area contributed by atoms with Crippen LogP contribution in [0.4, 0.5) is 10.1 Å². The van der Waals surface area contributed by atoms with Gasteiger partial charge in [0.1, 0.15) is 5.82 Å². The van der Waals surface area contributed by atoms with E-state index in [9.17, 15) is 14.3 Å². The van der Waals surface area contributed by atoms with Gasteiger partial charge >= 0.3 is 0 Å². The summed E-state index contributed by atoms with van der Waals surface area (Å²) in [4.78, 5) is 13.3. The van der Waals surface area contributed by atoms with Gasteiger partial charge in [0.25, 0.3) is 0 Å². The van der Waals surface area contributed by atoms with E-state index in [0.29, 0.717) is 25.2 Å². The van der Waals surface area contributed by atoms with E-state index in [2.05, 4.69) is 0 Å². The Morgan fingerprint density at radius 1 is 1.53 bits per heavy atom. The highest BCUT2D eigenvalue weighted by Crippen LogP contribution is 2.30. The summed E-state index contributed by atoms with van der Waals surface area (Å²) in [5.41, 5.74) is -0.0686. The Balaban J connectivity index is 2.40. The summed E-state index contributed by atoms with van der Waals surface area (Å²) < 4.78 is 13.6. The second kappa shape index (κ2) is 4.11. The van der Waals surface area contributed by atoms with Crippen molar-refractivity contribution < 1.29 is 14.3 Å². The zero-order valence-electron chi connectivity index (χ0n) is 10.0. The van der Waals surface area contributed by atoms with E-state index in [-0.39, 0.29) is 11.3 Å². The van der Waals surface area contributed by atoms with E-state index in [4.69, 9.17) is 0 Å². The third kappa shape index (κ3) is 2.31. The predicted molar refractivity (Wildman–Crippen MR) is 63.9 cm³/mol. The SMILES string of the molecule is CC(=O)c1c(F)cccc1N1CCC(C)(O)C1. The molecule has 3 nitrogen and oxygen atoms in total. The number of anilines is 1. The Morgan fingerprint density at radius 2 is 2.24 bits per heavy atom. The first-order chi connectivity index (χ1) is 7.91. The Hall–Kier alpha value is -1.42. The van der Waals surface area contributed by atoms with Crippen molar-refractivity contribution in [2.24, 2.45) is 0 Å². The molecule has 92 valence electrons. The van der Waals surface area contributed by atoms with Gasteiger partial charge in [-0.05, 0) is 32.4 Å². The third-order valence-electron chi connectivity index (χ3n) is 3.14. The molecule has 1 aliphatic rings. The minimum atomic E-state index is -0.764. The lowest BCUT2D eigenvalue weighted by Crippen LogP contribution is -2.30. The molecule has 0 radical (unpaired) electrons. The van der Waals surface area contributed by atoms with Gasteiger partial charge in [-0.3, -0.25) is 4.79 Å². The molecule has 1 aliphatic heterocycles. The summed E-state index contributed by atoms with van der Waals surface area (Å²) in [5.74, 6) is -0.786. The molecule has 0 aliphatic carbocycles. The lowest BCUT2D eigenvalue weighted by molar-refractivity contribution is 0.0838. The smallest absolute Gasteiger partial charge is 0.164 e. The Bertz CT molecular complexity index is 457. The molecule has 0 amide bonds. The molecule has 1 saturated heterocycles. The number of Topliss-reactive ketones (excluding diaryl/α,β-unsaturated/α-hetero) is 1. The maximum absolute atomic E-state index is 13.6. The van der Waals surface area contributed by atoms with Gasteiger partial charge in [0, 0.05) is 13.1 Å². The number of aliphatic hydroxyl groups is 1. The number of nitrogens with zero attached hydrogens (tertiary/aromatic N) is 1. The van der Waals surface area contributed by atoms with Gasteiger partial charge in [0.15, 0.2) is 5.78 Å². The second-order valence-electron chi connectivity index (χ2n) is 4.86. The lowest BCUT2D eigenvalue weighted by Gasteiger charge is -2.23. The van der Waals surface area contributed by atoms with Crippen LogP contribution < -0.4 is 4.90 Å². The standard InChI is InChI=1S/C13H16FNO2/c1-9(16)12-10(14)4-3-5-11(12)15-7-6-13(2,17)8-15/h3-5,17H,6-8H2,1-2H3. The van der Waals surface area contributed by atoms with Crippen molar-refractivity contribution in [3.63, 3.8) is 0 Å². The molecule has 1 fully saturated rings. The highest BCUT2D eigenvalue weighted by atomic mass is 19.1. The molecule has 0 spiro atoms. The first kappa shape index (κ1) is 12.0. The summed E-state index contributed by atoms with van der Waals surface area (Å²) in [6.45, 7) is 4.17. The number of carbonyl (C=O) groups is 1. The highest BCUT2D eigenvalue weighted by molar-refractivity contribution is 6.00. The minimum absolute atomic E-state index is 0.116. The fraction of sp³-hybridized carbons (Fsp3) is 0.462. The topological polar surface area (TPSA) is 40.5 Å². The van der Waals surface area contributed by atoms with Crippen molar-refractivity contribution >= 4 is 11.5 Å². The molecule has 1 heterocycles. The molecule has 0 bridgehead atoms. The van der Waals surface area contributed by atoms with Crippen molar-refractivity contribution in [3.8, 4) is 0 Å². The second-order valence-corrected chi connectivity index (χ2v) is 4.86. The van der Waals surface area contributed by atoms with E-state index in [0.717, 1.165) is 0 Å². The van der Waals surface area contributed by atoms with Crippen molar-refractivity contribution in [3.05, 3.63) is 29.6 Å². The number of hydrogen-bond acceptors (Lipinski definition) is 3. The van der Waals surface area contributed by atoms with E-state index in [1.807, 2.05) is 4.90 Å². The fourth-order valence-corrected chi connectivity index (χ4v) is 2.28. The zero-order chi connectivity index (χ0) is 12.6. The lowest BCUT2D eigenvalue weighted by atomic mass is 10.1. The maximum atomic E-state index is 13.6. The predicted octanol–water partition coefficient (Wildman–Crippen LogP) is 1.99. The molecule has 4 heteroatoms. The maximum Gasteiger partial charge on any atom is 0.164 e. The first-order valence-corrected chi connectivity index (χ1v) is 5.67. The molecule has 1 aromatic rings. The largest absolute Gasteiger partial charge is 0.388 e. The van der Waals surface area contributed by atoms with Crippen LogP contribution in [0.2, 0.25) is 0 Å². The molecule has 1 aromatic carbocycles. The number of halogens is 1. The number of carbonyl (C=O) groups excluding carboxylic acids is 1. The van der Waals surface area contributed by atoms with Crippen molar-refractivity contribution in [2.45, 2.75) is 25.9 Å². The van der Waals surface area contributed by atoms with E-state index in [1.54, 1.807) is 19.1 Å². The molecule has 0 aromatic heterocycles. The van der Waals surface area contributed by atoms with Crippen LogP contribution in [-0.2, 0) is 0 Å². The molecule has 1 atom stereocenters. The van der Waals surface area contributed by atoms with Gasteiger partial charge < -0.3 is 10.0 Å². The van der Waals surface area contributed by atoms with Gasteiger partial charge in [-0.2, -0.15) is 0 Å². The number of ketones is 1. The highest BCUT2D eigenvalue weighted by Gasteiger charge is 2.33. The van der Waals surface area contributed by atoms with Crippen LogP contribution in [-0.4, -0.2) is 29.6 Å². The van der Waals surface area contributed by atoms with Crippen molar-refractivity contribution in [2.75, 3.05) is 18.0 Å². The molecular weight excluding hydrogens is 221 g/mol. The Labute approximate surface area is 99.9 Å². The van der Waals surface area contributed by atoms with Crippen LogP contribution in [0.15, 0.2) is 18.2 Å². The monoisotopic (exact) mass is 237 g/mol. The number of rotatable bonds is 2. The van der Waals surface area contributed by atoms with Crippen LogP contribution >= 0.6 is 0 Å². The normalized spacial score (nSPS) is 24.1. The number of β-amino-alcohol motifs (C(OH)–C–C–N with tert-alkyl or cyclic N) is 1. The number of hydrogen-bond donors (Lipinski definition) is 1. The van der Waals surface area contributed by atoms with E-state index < -0.39 is 11.4 Å². The minimum Gasteiger partial charge on any atom is -0.388 e. The van der Waals surface area contributed by atoms with Gasteiger partial charge in [-0.15, -0.1) is 0 Å². The van der Waals surface area contributed by atoms with E-state index in [1.165, 1.54) is 13.0 Å². The van der Waals surface area contributed by atoms with Crippen LogP contribution in [0.1, 0.15) is 30.6 Å². The number of benzene rings is 1.